The Balaban J connectivity index is 2.35. The molecule has 2 aromatic rings. The maximum absolute atomic E-state index is 6.09. The van der Waals surface area contributed by atoms with Gasteiger partial charge in [0.25, 0.3) is 0 Å². The minimum atomic E-state index is 0.192. The summed E-state index contributed by atoms with van der Waals surface area (Å²) < 4.78 is 7.66. The molecule has 1 aromatic heterocycles. The van der Waals surface area contributed by atoms with E-state index in [0.717, 1.165) is 30.1 Å². The Morgan fingerprint density at radius 3 is 2.79 bits per heavy atom. The first-order chi connectivity index (χ1) is 9.15. The number of rotatable bonds is 5. The van der Waals surface area contributed by atoms with E-state index >= 15 is 0 Å². The van der Waals surface area contributed by atoms with Gasteiger partial charge in [0, 0.05) is 12.5 Å². The van der Waals surface area contributed by atoms with Gasteiger partial charge in [0.05, 0.1) is 11.8 Å². The van der Waals surface area contributed by atoms with Crippen LogP contribution in [-0.2, 0) is 6.42 Å². The van der Waals surface area contributed by atoms with Crippen molar-refractivity contribution in [1.29, 1.82) is 0 Å². The summed E-state index contributed by atoms with van der Waals surface area (Å²) in [5.74, 6) is 1.67. The number of hydrogen-bond donors (Lipinski definition) is 0. The molecule has 0 amide bonds. The van der Waals surface area contributed by atoms with Crippen LogP contribution in [0, 0.1) is 0 Å². The molecule has 1 heterocycles. The van der Waals surface area contributed by atoms with Crippen molar-refractivity contribution < 1.29 is 4.74 Å². The van der Waals surface area contributed by atoms with Crippen LogP contribution in [0.15, 0.2) is 24.3 Å². The molecule has 0 saturated carbocycles. The molecule has 0 aliphatic rings. The summed E-state index contributed by atoms with van der Waals surface area (Å²) in [4.78, 5) is 0. The van der Waals surface area contributed by atoms with Crippen LogP contribution >= 0.6 is 11.6 Å². The molecule has 4 nitrogen and oxygen atoms in total. The monoisotopic (exact) mass is 279 g/mol. The van der Waals surface area contributed by atoms with Crippen molar-refractivity contribution in [1.82, 2.24) is 14.8 Å². The molecule has 19 heavy (non-hydrogen) atoms. The van der Waals surface area contributed by atoms with Gasteiger partial charge < -0.3 is 4.74 Å². The molecule has 0 bridgehead atoms. The largest absolute Gasteiger partial charge is 0.491 e. The summed E-state index contributed by atoms with van der Waals surface area (Å²) in [6.07, 6.45) is 1.94. The molecule has 1 aromatic carbocycles. The molecule has 102 valence electrons. The van der Waals surface area contributed by atoms with Crippen molar-refractivity contribution in [3.63, 3.8) is 0 Å². The third-order valence-electron chi connectivity index (χ3n) is 2.99. The van der Waals surface area contributed by atoms with Crippen LogP contribution in [0.1, 0.15) is 33.0 Å². The van der Waals surface area contributed by atoms with E-state index in [1.807, 2.05) is 35.8 Å². The van der Waals surface area contributed by atoms with E-state index in [9.17, 15) is 0 Å². The van der Waals surface area contributed by atoms with Crippen molar-refractivity contribution in [2.75, 3.05) is 0 Å². The zero-order valence-corrected chi connectivity index (χ0v) is 12.2. The summed E-state index contributed by atoms with van der Waals surface area (Å²) in [6.45, 7) is 6.17. The Labute approximate surface area is 118 Å². The molecule has 0 radical (unpaired) electrons. The van der Waals surface area contributed by atoms with Crippen LogP contribution < -0.4 is 4.74 Å². The molecular formula is C14H18ClN3O. The highest BCUT2D eigenvalue weighted by Gasteiger charge is 2.11. The second-order valence-corrected chi connectivity index (χ2v) is 4.75. The fraction of sp³-hybridized carbons (Fsp3) is 0.429. The van der Waals surface area contributed by atoms with Crippen molar-refractivity contribution in [3.8, 4) is 11.4 Å². The molecule has 0 fully saturated rings. The average molecular weight is 280 g/mol. The van der Waals surface area contributed by atoms with Crippen molar-refractivity contribution in [3.05, 3.63) is 35.4 Å². The van der Waals surface area contributed by atoms with Gasteiger partial charge in [0.1, 0.15) is 11.6 Å². The third-order valence-corrected chi connectivity index (χ3v) is 3.24. The highest BCUT2D eigenvalue weighted by Crippen LogP contribution is 2.22. The molecule has 1 atom stereocenters. The van der Waals surface area contributed by atoms with Gasteiger partial charge in [0.15, 0.2) is 0 Å². The molecule has 0 saturated heterocycles. The van der Waals surface area contributed by atoms with Gasteiger partial charge in [-0.25, -0.2) is 0 Å². The smallest absolute Gasteiger partial charge is 0.229 e. The Bertz CT molecular complexity index is 553. The van der Waals surface area contributed by atoms with E-state index in [1.165, 1.54) is 0 Å². The Kier molecular flexibility index (Phi) is 4.43. The van der Waals surface area contributed by atoms with Crippen LogP contribution in [0.2, 0.25) is 5.28 Å². The van der Waals surface area contributed by atoms with Gasteiger partial charge in [-0.2, -0.15) is 0 Å². The number of hydrogen-bond acceptors (Lipinski definition) is 3. The van der Waals surface area contributed by atoms with Crippen LogP contribution in [0.25, 0.3) is 5.69 Å². The molecule has 5 heteroatoms. The van der Waals surface area contributed by atoms with E-state index in [0.29, 0.717) is 5.28 Å². The number of ether oxygens (including phenoxy) is 1. The van der Waals surface area contributed by atoms with Crippen molar-refractivity contribution >= 4 is 11.6 Å². The van der Waals surface area contributed by atoms with Crippen LogP contribution in [-0.4, -0.2) is 20.9 Å². The van der Waals surface area contributed by atoms with E-state index in [2.05, 4.69) is 24.0 Å². The number of aromatic nitrogens is 3. The second kappa shape index (κ2) is 6.06. The molecular weight excluding hydrogens is 262 g/mol. The van der Waals surface area contributed by atoms with Crippen LogP contribution in [0.3, 0.4) is 0 Å². The minimum Gasteiger partial charge on any atom is -0.491 e. The third kappa shape index (κ3) is 3.07. The first-order valence-electron chi connectivity index (χ1n) is 6.52. The van der Waals surface area contributed by atoms with Gasteiger partial charge in [-0.15, -0.1) is 10.2 Å². The first kappa shape index (κ1) is 13.9. The maximum atomic E-state index is 6.09. The summed E-state index contributed by atoms with van der Waals surface area (Å²) in [5, 5.41) is 8.34. The Morgan fingerprint density at radius 2 is 2.11 bits per heavy atom. The second-order valence-electron chi connectivity index (χ2n) is 4.41. The fourth-order valence-electron chi connectivity index (χ4n) is 1.79. The summed E-state index contributed by atoms with van der Waals surface area (Å²) in [7, 11) is 0. The molecule has 0 aliphatic heterocycles. The topological polar surface area (TPSA) is 39.9 Å². The predicted molar refractivity (Wildman–Crippen MR) is 76.1 cm³/mol. The fourth-order valence-corrected chi connectivity index (χ4v) is 2.02. The molecule has 0 N–H and O–H groups in total. The molecule has 0 aliphatic carbocycles. The Hall–Kier alpha value is -1.55. The quantitative estimate of drug-likeness (QED) is 0.838. The lowest BCUT2D eigenvalue weighted by atomic mass is 10.2. The standard InChI is InChI=1S/C14H18ClN3O/c1-4-10(3)19-12-8-6-7-11(9-12)18-13(5-2)16-17-14(18)15/h6-10H,4-5H2,1-3H3. The predicted octanol–water partition coefficient (Wildman–Crippen LogP) is 3.66. The van der Waals surface area contributed by atoms with E-state index in [1.54, 1.807) is 0 Å². The highest BCUT2D eigenvalue weighted by molar-refractivity contribution is 6.28. The van der Waals surface area contributed by atoms with Gasteiger partial charge >= 0.3 is 0 Å². The Morgan fingerprint density at radius 1 is 1.32 bits per heavy atom. The van der Waals surface area contributed by atoms with Gasteiger partial charge in [-0.3, -0.25) is 4.57 Å². The lowest BCUT2D eigenvalue weighted by Crippen LogP contribution is -2.10. The van der Waals surface area contributed by atoms with E-state index in [-0.39, 0.29) is 6.10 Å². The highest BCUT2D eigenvalue weighted by atomic mass is 35.5. The zero-order valence-electron chi connectivity index (χ0n) is 11.4. The lowest BCUT2D eigenvalue weighted by Gasteiger charge is -2.14. The summed E-state index contributed by atoms with van der Waals surface area (Å²) in [5.41, 5.74) is 0.924. The normalized spacial score (nSPS) is 12.4. The molecule has 2 rings (SSSR count). The number of aryl methyl sites for hydroxylation is 1. The number of halogens is 1. The summed E-state index contributed by atoms with van der Waals surface area (Å²) in [6, 6.07) is 7.82. The average Bonchev–Trinajstić information content (AvgIpc) is 2.80. The van der Waals surface area contributed by atoms with Crippen LogP contribution in [0.5, 0.6) is 5.75 Å². The van der Waals surface area contributed by atoms with Gasteiger partial charge in [0.2, 0.25) is 5.28 Å². The van der Waals surface area contributed by atoms with Crippen molar-refractivity contribution in [2.45, 2.75) is 39.7 Å². The van der Waals surface area contributed by atoms with Gasteiger partial charge in [-0.05, 0) is 37.1 Å². The molecule has 1 unspecified atom stereocenters. The van der Waals surface area contributed by atoms with Crippen molar-refractivity contribution in [2.24, 2.45) is 0 Å². The van der Waals surface area contributed by atoms with E-state index in [4.69, 9.17) is 16.3 Å². The number of nitrogens with zero attached hydrogens (tertiary/aromatic N) is 3. The molecule has 0 spiro atoms. The minimum absolute atomic E-state index is 0.192. The zero-order chi connectivity index (χ0) is 13.8. The maximum Gasteiger partial charge on any atom is 0.229 e. The first-order valence-corrected chi connectivity index (χ1v) is 6.90. The lowest BCUT2D eigenvalue weighted by molar-refractivity contribution is 0.217. The SMILES string of the molecule is CCc1nnc(Cl)n1-c1cccc(OC(C)CC)c1. The van der Waals surface area contributed by atoms with Crippen LogP contribution in [0.4, 0.5) is 0 Å². The number of benzene rings is 1. The summed E-state index contributed by atoms with van der Waals surface area (Å²) >= 11 is 6.09. The van der Waals surface area contributed by atoms with E-state index < -0.39 is 0 Å². The van der Waals surface area contributed by atoms with Gasteiger partial charge in [-0.1, -0.05) is 19.9 Å².